The van der Waals surface area contributed by atoms with Crippen LogP contribution in [0.3, 0.4) is 0 Å². The number of hydrogen-bond acceptors (Lipinski definition) is 2. The molecule has 5 heteroatoms. The molecule has 0 atom stereocenters. The summed E-state index contributed by atoms with van der Waals surface area (Å²) in [6, 6.07) is 9.58. The third-order valence-corrected chi connectivity index (χ3v) is 2.68. The van der Waals surface area contributed by atoms with E-state index in [-0.39, 0.29) is 18.6 Å². The van der Waals surface area contributed by atoms with Crippen molar-refractivity contribution in [2.45, 2.75) is 13.0 Å². The van der Waals surface area contributed by atoms with Crippen molar-refractivity contribution in [1.29, 1.82) is 0 Å². The summed E-state index contributed by atoms with van der Waals surface area (Å²) >= 11 is 0. The van der Waals surface area contributed by atoms with Crippen LogP contribution < -0.4 is 4.74 Å². The summed E-state index contributed by atoms with van der Waals surface area (Å²) in [5.41, 5.74) is 0.765. The van der Waals surface area contributed by atoms with Crippen molar-refractivity contribution in [3.8, 4) is 5.75 Å². The monoisotopic (exact) mass is 278 g/mol. The van der Waals surface area contributed by atoms with Gasteiger partial charge in [-0.2, -0.15) is 0 Å². The molecule has 20 heavy (non-hydrogen) atoms. The Bertz CT molecular complexity index is 609. The van der Waals surface area contributed by atoms with Gasteiger partial charge in [-0.3, -0.25) is 4.79 Å². The first-order valence-electron chi connectivity index (χ1n) is 5.92. The van der Waals surface area contributed by atoms with E-state index in [2.05, 4.69) is 0 Å². The maximum atomic E-state index is 13.4. The van der Waals surface area contributed by atoms with Crippen molar-refractivity contribution in [2.75, 3.05) is 0 Å². The molecule has 0 bridgehead atoms. The molecule has 0 saturated carbocycles. The second-order valence-corrected chi connectivity index (χ2v) is 4.24. The van der Waals surface area contributed by atoms with Crippen molar-refractivity contribution < 1.29 is 23.4 Å². The highest BCUT2D eigenvalue weighted by Gasteiger charge is 2.05. The molecule has 0 radical (unpaired) electrons. The average Bonchev–Trinajstić information content (AvgIpc) is 2.41. The van der Waals surface area contributed by atoms with Gasteiger partial charge >= 0.3 is 5.97 Å². The first kappa shape index (κ1) is 14.0. The topological polar surface area (TPSA) is 46.5 Å². The van der Waals surface area contributed by atoms with Crippen molar-refractivity contribution in [2.24, 2.45) is 0 Å². The molecule has 2 aromatic carbocycles. The highest BCUT2D eigenvalue weighted by molar-refractivity contribution is 5.70. The van der Waals surface area contributed by atoms with Crippen LogP contribution in [0.15, 0.2) is 42.5 Å². The van der Waals surface area contributed by atoms with Gasteiger partial charge in [0.2, 0.25) is 0 Å². The third kappa shape index (κ3) is 3.78. The summed E-state index contributed by atoms with van der Waals surface area (Å²) in [7, 11) is 0. The van der Waals surface area contributed by atoms with Crippen LogP contribution in [0.2, 0.25) is 0 Å². The van der Waals surface area contributed by atoms with Gasteiger partial charge < -0.3 is 9.84 Å². The second-order valence-electron chi connectivity index (χ2n) is 4.24. The zero-order valence-corrected chi connectivity index (χ0v) is 10.5. The molecule has 0 heterocycles. The van der Waals surface area contributed by atoms with Gasteiger partial charge in [-0.1, -0.05) is 12.1 Å². The summed E-state index contributed by atoms with van der Waals surface area (Å²) in [6.45, 7) is -0.0954. The van der Waals surface area contributed by atoms with Gasteiger partial charge in [0.15, 0.2) is 0 Å². The summed E-state index contributed by atoms with van der Waals surface area (Å²) in [5, 5.41) is 8.64. The quantitative estimate of drug-likeness (QED) is 0.913. The Balaban J connectivity index is 2.00. The molecular formula is C15H12F2O3. The Morgan fingerprint density at radius 2 is 1.80 bits per heavy atom. The molecule has 0 aromatic heterocycles. The van der Waals surface area contributed by atoms with Crippen LogP contribution in [0.4, 0.5) is 8.78 Å². The normalized spacial score (nSPS) is 10.3. The second kappa shape index (κ2) is 6.14. The molecule has 104 valence electrons. The third-order valence-electron chi connectivity index (χ3n) is 2.68. The lowest BCUT2D eigenvalue weighted by Gasteiger charge is -2.08. The van der Waals surface area contributed by atoms with Crippen LogP contribution >= 0.6 is 0 Å². The largest absolute Gasteiger partial charge is 0.489 e. The summed E-state index contributed by atoms with van der Waals surface area (Å²) in [4.78, 5) is 10.5. The molecule has 3 nitrogen and oxygen atoms in total. The lowest BCUT2D eigenvalue weighted by molar-refractivity contribution is -0.136. The van der Waals surface area contributed by atoms with E-state index in [1.165, 1.54) is 0 Å². The fourth-order valence-corrected chi connectivity index (χ4v) is 1.69. The molecule has 0 spiro atoms. The first-order valence-corrected chi connectivity index (χ1v) is 5.92. The molecule has 2 rings (SSSR count). The summed E-state index contributed by atoms with van der Waals surface area (Å²) < 4.78 is 31.7. The lowest BCUT2D eigenvalue weighted by Crippen LogP contribution is -2.01. The zero-order chi connectivity index (χ0) is 14.5. The standard InChI is InChI=1S/C15H12F2O3/c16-12-3-6-14(17)11(8-12)9-20-13-4-1-10(2-5-13)7-15(18)19/h1-6,8H,7,9H2,(H,18,19). The van der Waals surface area contributed by atoms with Crippen LogP contribution in [0.1, 0.15) is 11.1 Å². The van der Waals surface area contributed by atoms with Crippen molar-refractivity contribution in [3.63, 3.8) is 0 Å². The van der Waals surface area contributed by atoms with Crippen LogP contribution in [0, 0.1) is 11.6 Å². The van der Waals surface area contributed by atoms with Gasteiger partial charge in [0, 0.05) is 5.56 Å². The average molecular weight is 278 g/mol. The molecule has 0 amide bonds. The Morgan fingerprint density at radius 1 is 1.10 bits per heavy atom. The van der Waals surface area contributed by atoms with Gasteiger partial charge in [0.05, 0.1) is 6.42 Å². The predicted molar refractivity (Wildman–Crippen MR) is 68.5 cm³/mol. The molecule has 2 aromatic rings. The number of hydrogen-bond donors (Lipinski definition) is 1. The number of halogens is 2. The van der Waals surface area contributed by atoms with E-state index < -0.39 is 17.6 Å². The summed E-state index contributed by atoms with van der Waals surface area (Å²) in [5.74, 6) is -1.51. The highest BCUT2D eigenvalue weighted by atomic mass is 19.1. The van der Waals surface area contributed by atoms with Gasteiger partial charge in [-0.25, -0.2) is 8.78 Å². The number of carboxylic acid groups (broad SMARTS) is 1. The summed E-state index contributed by atoms with van der Waals surface area (Å²) in [6.07, 6.45) is -0.0706. The number of benzene rings is 2. The lowest BCUT2D eigenvalue weighted by atomic mass is 10.1. The Kier molecular flexibility index (Phi) is 4.30. The molecule has 0 aliphatic rings. The molecule has 0 unspecified atom stereocenters. The van der Waals surface area contributed by atoms with Gasteiger partial charge in [0.25, 0.3) is 0 Å². The highest BCUT2D eigenvalue weighted by Crippen LogP contribution is 2.16. The molecule has 1 N–H and O–H groups in total. The van der Waals surface area contributed by atoms with Crippen LogP contribution in [0.25, 0.3) is 0 Å². The van der Waals surface area contributed by atoms with E-state index in [1.807, 2.05) is 0 Å². The SMILES string of the molecule is O=C(O)Cc1ccc(OCc2cc(F)ccc2F)cc1. The smallest absolute Gasteiger partial charge is 0.307 e. The fraction of sp³-hybridized carbons (Fsp3) is 0.133. The number of aliphatic carboxylic acids is 1. The van der Waals surface area contributed by atoms with Gasteiger partial charge in [0.1, 0.15) is 24.0 Å². The molecule has 0 saturated heterocycles. The zero-order valence-electron chi connectivity index (χ0n) is 10.5. The minimum atomic E-state index is -0.916. The Morgan fingerprint density at radius 3 is 2.45 bits per heavy atom. The van der Waals surface area contributed by atoms with E-state index in [0.29, 0.717) is 11.3 Å². The van der Waals surface area contributed by atoms with E-state index in [0.717, 1.165) is 18.2 Å². The van der Waals surface area contributed by atoms with E-state index >= 15 is 0 Å². The number of rotatable bonds is 5. The van der Waals surface area contributed by atoms with Crippen molar-refractivity contribution >= 4 is 5.97 Å². The number of carboxylic acids is 1. The molecular weight excluding hydrogens is 266 g/mol. The predicted octanol–water partition coefficient (Wildman–Crippen LogP) is 3.17. The molecule has 0 aliphatic heterocycles. The van der Waals surface area contributed by atoms with E-state index in [1.54, 1.807) is 24.3 Å². The first-order chi connectivity index (χ1) is 9.54. The minimum absolute atomic E-state index is 0.0706. The molecule has 0 fully saturated rings. The van der Waals surface area contributed by atoms with Crippen LogP contribution in [-0.4, -0.2) is 11.1 Å². The Labute approximate surface area is 114 Å². The van der Waals surface area contributed by atoms with Crippen LogP contribution in [-0.2, 0) is 17.8 Å². The van der Waals surface area contributed by atoms with Gasteiger partial charge in [-0.15, -0.1) is 0 Å². The maximum absolute atomic E-state index is 13.4. The maximum Gasteiger partial charge on any atom is 0.307 e. The number of ether oxygens (including phenoxy) is 1. The minimum Gasteiger partial charge on any atom is -0.489 e. The van der Waals surface area contributed by atoms with E-state index in [9.17, 15) is 13.6 Å². The molecule has 0 aliphatic carbocycles. The van der Waals surface area contributed by atoms with Gasteiger partial charge in [-0.05, 0) is 35.9 Å². The van der Waals surface area contributed by atoms with Crippen molar-refractivity contribution in [3.05, 3.63) is 65.2 Å². The van der Waals surface area contributed by atoms with E-state index in [4.69, 9.17) is 9.84 Å². The Hall–Kier alpha value is -2.43. The number of carbonyl (C=O) groups is 1. The fourth-order valence-electron chi connectivity index (χ4n) is 1.69. The van der Waals surface area contributed by atoms with Crippen molar-refractivity contribution in [1.82, 2.24) is 0 Å². The van der Waals surface area contributed by atoms with Crippen LogP contribution in [0.5, 0.6) is 5.75 Å².